The Morgan fingerprint density at radius 3 is 2.81 bits per heavy atom. The van der Waals surface area contributed by atoms with E-state index in [0.29, 0.717) is 27.8 Å². The molecule has 1 N–H and O–H groups in total. The molecule has 1 aromatic carbocycles. The van der Waals surface area contributed by atoms with Crippen molar-refractivity contribution >= 4 is 30.2 Å². The van der Waals surface area contributed by atoms with Gasteiger partial charge in [0.15, 0.2) is 0 Å². The number of aliphatic carboxylic acids is 1. The molecule has 3 nitrogen and oxygen atoms in total. The molecular formula is C11H13ClO3S. The van der Waals surface area contributed by atoms with Crippen LogP contribution in [0.4, 0.5) is 0 Å². The largest absolute Gasteiger partial charge is 0.492 e. The molecule has 0 atom stereocenters. The van der Waals surface area contributed by atoms with E-state index < -0.39 is 5.97 Å². The normalized spacial score (nSPS) is 10.2. The zero-order chi connectivity index (χ0) is 12.1. The van der Waals surface area contributed by atoms with Gasteiger partial charge in [0, 0.05) is 9.92 Å². The van der Waals surface area contributed by atoms with Crippen molar-refractivity contribution < 1.29 is 14.6 Å². The number of halogens is 1. The summed E-state index contributed by atoms with van der Waals surface area (Å²) in [5, 5.41) is 9.11. The molecule has 0 radical (unpaired) electrons. The molecule has 0 saturated carbocycles. The summed E-state index contributed by atoms with van der Waals surface area (Å²) in [5.41, 5.74) is 0.540. The molecule has 0 bridgehead atoms. The second-order valence-electron chi connectivity index (χ2n) is 3.33. The van der Waals surface area contributed by atoms with Crippen LogP contribution in [0.15, 0.2) is 17.0 Å². The van der Waals surface area contributed by atoms with E-state index >= 15 is 0 Å². The number of carbonyl (C=O) groups is 1. The smallest absolute Gasteiger partial charge is 0.307 e. The molecule has 0 aliphatic rings. The molecule has 0 aliphatic carbocycles. The van der Waals surface area contributed by atoms with E-state index in [4.69, 9.17) is 21.4 Å². The second-order valence-corrected chi connectivity index (χ2v) is 4.22. The van der Waals surface area contributed by atoms with Gasteiger partial charge < -0.3 is 9.84 Å². The summed E-state index contributed by atoms with van der Waals surface area (Å²) in [6, 6.07) is 3.24. The van der Waals surface area contributed by atoms with Crippen LogP contribution in [0, 0.1) is 0 Å². The van der Waals surface area contributed by atoms with Crippen LogP contribution in [0.5, 0.6) is 5.75 Å². The van der Waals surface area contributed by atoms with E-state index in [9.17, 15) is 4.79 Å². The number of rotatable bonds is 5. The molecule has 0 heterocycles. The van der Waals surface area contributed by atoms with Gasteiger partial charge in [0.25, 0.3) is 0 Å². The highest BCUT2D eigenvalue weighted by atomic mass is 35.5. The predicted molar refractivity (Wildman–Crippen MR) is 65.8 cm³/mol. The Kier molecular flexibility index (Phi) is 4.96. The third-order valence-electron chi connectivity index (χ3n) is 1.93. The van der Waals surface area contributed by atoms with E-state index in [0.717, 1.165) is 6.42 Å². The number of benzene rings is 1. The molecule has 5 heteroatoms. The minimum Gasteiger partial charge on any atom is -0.492 e. The average molecular weight is 261 g/mol. The van der Waals surface area contributed by atoms with Crippen molar-refractivity contribution in [1.82, 2.24) is 0 Å². The maximum atomic E-state index is 10.6. The first-order chi connectivity index (χ1) is 7.54. The number of ether oxygens (including phenoxy) is 1. The summed E-state index contributed by atoms with van der Waals surface area (Å²) in [7, 11) is 0. The minimum absolute atomic E-state index is 0.116. The summed E-state index contributed by atoms with van der Waals surface area (Å²) >= 11 is 10.1. The molecule has 1 aromatic rings. The third-order valence-corrected chi connectivity index (χ3v) is 2.63. The van der Waals surface area contributed by atoms with E-state index in [1.807, 2.05) is 6.92 Å². The van der Waals surface area contributed by atoms with Crippen molar-refractivity contribution in [3.8, 4) is 5.75 Å². The molecule has 0 fully saturated rings. The van der Waals surface area contributed by atoms with Crippen molar-refractivity contribution in [2.75, 3.05) is 6.61 Å². The van der Waals surface area contributed by atoms with Crippen LogP contribution in [-0.4, -0.2) is 17.7 Å². The molecule has 16 heavy (non-hydrogen) atoms. The Labute approximate surface area is 105 Å². The SMILES string of the molecule is CCCOc1cc(CC(=O)O)c(Cl)cc1S. The van der Waals surface area contributed by atoms with Gasteiger partial charge in [-0.2, -0.15) is 0 Å². The van der Waals surface area contributed by atoms with Crippen molar-refractivity contribution in [1.29, 1.82) is 0 Å². The quantitative estimate of drug-likeness (QED) is 0.800. The molecule has 0 unspecified atom stereocenters. The standard InChI is InChI=1S/C11H13ClO3S/c1-2-3-15-9-4-7(5-11(13)14)8(12)6-10(9)16/h4,6,16H,2-3,5H2,1H3,(H,13,14). The van der Waals surface area contributed by atoms with E-state index in [1.165, 1.54) is 0 Å². The monoisotopic (exact) mass is 260 g/mol. The number of carboxylic acid groups (broad SMARTS) is 1. The fourth-order valence-corrected chi connectivity index (χ4v) is 1.78. The lowest BCUT2D eigenvalue weighted by molar-refractivity contribution is -0.136. The molecule has 0 saturated heterocycles. The van der Waals surface area contributed by atoms with Gasteiger partial charge in [-0.1, -0.05) is 18.5 Å². The molecule has 0 aromatic heterocycles. The van der Waals surface area contributed by atoms with E-state index in [-0.39, 0.29) is 6.42 Å². The Hall–Kier alpha value is -0.870. The van der Waals surface area contributed by atoms with Crippen LogP contribution in [0.3, 0.4) is 0 Å². The van der Waals surface area contributed by atoms with Crippen LogP contribution in [-0.2, 0) is 11.2 Å². The highest BCUT2D eigenvalue weighted by Gasteiger charge is 2.10. The molecular weight excluding hydrogens is 248 g/mol. The fraction of sp³-hybridized carbons (Fsp3) is 0.364. The molecule has 1 rings (SSSR count). The second kappa shape index (κ2) is 6.01. The molecule has 0 spiro atoms. The fourth-order valence-electron chi connectivity index (χ4n) is 1.21. The lowest BCUT2D eigenvalue weighted by Gasteiger charge is -2.10. The Balaban J connectivity index is 2.96. The first-order valence-corrected chi connectivity index (χ1v) is 5.73. The van der Waals surface area contributed by atoms with Gasteiger partial charge in [-0.3, -0.25) is 4.79 Å². The Morgan fingerprint density at radius 2 is 2.25 bits per heavy atom. The predicted octanol–water partition coefficient (Wildman–Crippen LogP) is 3.04. The van der Waals surface area contributed by atoms with Crippen LogP contribution in [0.2, 0.25) is 5.02 Å². The van der Waals surface area contributed by atoms with Crippen LogP contribution in [0.25, 0.3) is 0 Å². The number of thiol groups is 1. The van der Waals surface area contributed by atoms with Crippen molar-refractivity contribution in [2.24, 2.45) is 0 Å². The number of hydrogen-bond acceptors (Lipinski definition) is 3. The average Bonchev–Trinajstić information content (AvgIpc) is 2.20. The lowest BCUT2D eigenvalue weighted by atomic mass is 10.1. The lowest BCUT2D eigenvalue weighted by Crippen LogP contribution is -2.02. The van der Waals surface area contributed by atoms with Gasteiger partial charge in [0.1, 0.15) is 5.75 Å². The minimum atomic E-state index is -0.921. The Bertz CT molecular complexity index is 393. The van der Waals surface area contributed by atoms with Crippen LogP contribution >= 0.6 is 24.2 Å². The van der Waals surface area contributed by atoms with Crippen LogP contribution < -0.4 is 4.74 Å². The molecule has 0 amide bonds. The maximum absolute atomic E-state index is 10.6. The Morgan fingerprint density at radius 1 is 1.56 bits per heavy atom. The highest BCUT2D eigenvalue weighted by Crippen LogP contribution is 2.30. The first kappa shape index (κ1) is 13.2. The van der Waals surface area contributed by atoms with Gasteiger partial charge in [0.05, 0.1) is 13.0 Å². The zero-order valence-corrected chi connectivity index (χ0v) is 10.5. The summed E-state index contributed by atoms with van der Waals surface area (Å²) in [4.78, 5) is 11.2. The van der Waals surface area contributed by atoms with Gasteiger partial charge in [0.2, 0.25) is 0 Å². The molecule has 88 valence electrons. The van der Waals surface area contributed by atoms with Crippen molar-refractivity contribution in [3.63, 3.8) is 0 Å². The summed E-state index contributed by atoms with van der Waals surface area (Å²) in [6.45, 7) is 2.56. The molecule has 0 aliphatic heterocycles. The zero-order valence-electron chi connectivity index (χ0n) is 8.86. The number of hydrogen-bond donors (Lipinski definition) is 2. The summed E-state index contributed by atoms with van der Waals surface area (Å²) in [6.07, 6.45) is 0.763. The van der Waals surface area contributed by atoms with E-state index in [1.54, 1.807) is 12.1 Å². The van der Waals surface area contributed by atoms with Gasteiger partial charge >= 0.3 is 5.97 Å². The first-order valence-electron chi connectivity index (χ1n) is 4.90. The van der Waals surface area contributed by atoms with Gasteiger partial charge in [-0.05, 0) is 24.1 Å². The van der Waals surface area contributed by atoms with E-state index in [2.05, 4.69) is 12.6 Å². The van der Waals surface area contributed by atoms with Crippen molar-refractivity contribution in [3.05, 3.63) is 22.7 Å². The maximum Gasteiger partial charge on any atom is 0.307 e. The topological polar surface area (TPSA) is 46.5 Å². The highest BCUT2D eigenvalue weighted by molar-refractivity contribution is 7.80. The number of carboxylic acids is 1. The third kappa shape index (κ3) is 3.61. The summed E-state index contributed by atoms with van der Waals surface area (Å²) < 4.78 is 5.44. The van der Waals surface area contributed by atoms with Crippen molar-refractivity contribution in [2.45, 2.75) is 24.7 Å². The van der Waals surface area contributed by atoms with Crippen LogP contribution in [0.1, 0.15) is 18.9 Å². The van der Waals surface area contributed by atoms with Gasteiger partial charge in [-0.25, -0.2) is 0 Å². The van der Waals surface area contributed by atoms with Gasteiger partial charge in [-0.15, -0.1) is 12.6 Å². The summed E-state index contributed by atoms with van der Waals surface area (Å²) in [5.74, 6) is -0.346.